The molecule has 6 heteroatoms. The van der Waals surface area contributed by atoms with Gasteiger partial charge in [0.1, 0.15) is 5.82 Å². The predicted octanol–water partition coefficient (Wildman–Crippen LogP) is 1.31. The molecule has 2 heterocycles. The lowest BCUT2D eigenvalue weighted by Gasteiger charge is -2.05. The number of carbonyl (C=O) groups is 2. The van der Waals surface area contributed by atoms with Crippen molar-refractivity contribution in [2.75, 3.05) is 11.5 Å². The molecule has 0 saturated carbocycles. The van der Waals surface area contributed by atoms with E-state index in [1.54, 1.807) is 6.20 Å². The van der Waals surface area contributed by atoms with Crippen LogP contribution in [0.25, 0.3) is 6.08 Å². The summed E-state index contributed by atoms with van der Waals surface area (Å²) in [6.07, 6.45) is 5.44. The Kier molecular flexibility index (Phi) is 3.49. The smallest absolute Gasteiger partial charge is 0.328 e. The molecule has 0 saturated heterocycles. The van der Waals surface area contributed by atoms with E-state index >= 15 is 0 Å². The van der Waals surface area contributed by atoms with Gasteiger partial charge in [-0.15, -0.1) is 8.58 Å². The number of nitrogens with zero attached hydrogens (tertiary/aromatic N) is 1. The second kappa shape index (κ2) is 5.06. The molecule has 2 rings (SSSR count). The Balaban J connectivity index is 2.27. The van der Waals surface area contributed by atoms with Crippen LogP contribution in [0.15, 0.2) is 18.3 Å². The number of carboxylic acids is 1. The summed E-state index contributed by atoms with van der Waals surface area (Å²) in [4.78, 5) is 25.8. The Morgan fingerprint density at radius 1 is 1.53 bits per heavy atom. The summed E-state index contributed by atoms with van der Waals surface area (Å²) in [7, 11) is 0.543. The highest BCUT2D eigenvalue weighted by molar-refractivity contribution is 7.38. The number of fused-ring (bicyclic) bond motifs is 1. The van der Waals surface area contributed by atoms with Gasteiger partial charge in [0.15, 0.2) is 0 Å². The van der Waals surface area contributed by atoms with Gasteiger partial charge in [-0.25, -0.2) is 9.78 Å². The van der Waals surface area contributed by atoms with Crippen molar-refractivity contribution in [2.24, 2.45) is 0 Å². The summed E-state index contributed by atoms with van der Waals surface area (Å²) in [5.41, 5.74) is 1.69. The first-order valence-corrected chi connectivity index (χ1v) is 6.47. The molecule has 1 unspecified atom stereocenters. The minimum atomic E-state index is -0.991. The second-order valence-corrected chi connectivity index (χ2v) is 4.81. The van der Waals surface area contributed by atoms with Gasteiger partial charge in [-0.3, -0.25) is 4.79 Å². The van der Waals surface area contributed by atoms with E-state index in [1.165, 1.54) is 6.08 Å². The average Bonchev–Trinajstić information content (AvgIpc) is 2.46. The molecule has 17 heavy (non-hydrogen) atoms. The molecule has 0 bridgehead atoms. The monoisotopic (exact) mass is 250 g/mol. The molecule has 0 aromatic carbocycles. The zero-order chi connectivity index (χ0) is 12.3. The standard InChI is InChI=1S/C11H11N2O3P/c14-9-6-17-5-8-3-7(1-2-10(15)16)4-12-11(8)13-9/h1-4,17H,5-6H2,(H,15,16)(H,12,13,14)/b2-1+. The highest BCUT2D eigenvalue weighted by Crippen LogP contribution is 2.27. The average molecular weight is 250 g/mol. The van der Waals surface area contributed by atoms with Gasteiger partial charge in [0.2, 0.25) is 5.91 Å². The van der Waals surface area contributed by atoms with Crippen molar-refractivity contribution < 1.29 is 14.7 Å². The topological polar surface area (TPSA) is 79.3 Å². The third kappa shape index (κ3) is 3.11. The first-order chi connectivity index (χ1) is 8.15. The summed E-state index contributed by atoms with van der Waals surface area (Å²) in [5, 5.41) is 11.3. The fourth-order valence-electron chi connectivity index (χ4n) is 1.52. The van der Waals surface area contributed by atoms with Gasteiger partial charge in [-0.2, -0.15) is 0 Å². The van der Waals surface area contributed by atoms with Crippen LogP contribution >= 0.6 is 8.58 Å². The van der Waals surface area contributed by atoms with E-state index in [1.807, 2.05) is 6.07 Å². The van der Waals surface area contributed by atoms with Crippen molar-refractivity contribution in [3.05, 3.63) is 29.5 Å². The Labute approximate surface area is 99.7 Å². The number of aliphatic carboxylic acids is 1. The predicted molar refractivity (Wildman–Crippen MR) is 66.4 cm³/mol. The molecule has 2 N–H and O–H groups in total. The molecule has 1 atom stereocenters. The lowest BCUT2D eigenvalue weighted by atomic mass is 10.2. The van der Waals surface area contributed by atoms with Gasteiger partial charge in [0, 0.05) is 18.4 Å². The third-order valence-corrected chi connectivity index (χ3v) is 3.47. The van der Waals surface area contributed by atoms with Gasteiger partial charge in [0.25, 0.3) is 0 Å². The number of nitrogens with one attached hydrogen (secondary N) is 1. The van der Waals surface area contributed by atoms with Gasteiger partial charge in [-0.1, -0.05) is 0 Å². The molecular formula is C11H11N2O3P. The van der Waals surface area contributed by atoms with Crippen LogP contribution in [0.5, 0.6) is 0 Å². The maximum absolute atomic E-state index is 11.3. The van der Waals surface area contributed by atoms with Crippen molar-refractivity contribution >= 4 is 32.4 Å². The van der Waals surface area contributed by atoms with Crippen molar-refractivity contribution in [1.29, 1.82) is 0 Å². The highest BCUT2D eigenvalue weighted by atomic mass is 31.1. The van der Waals surface area contributed by atoms with Crippen LogP contribution in [-0.2, 0) is 15.8 Å². The van der Waals surface area contributed by atoms with Crippen LogP contribution in [0.1, 0.15) is 11.1 Å². The maximum atomic E-state index is 11.3. The lowest BCUT2D eigenvalue weighted by Crippen LogP contribution is -2.13. The van der Waals surface area contributed by atoms with Crippen molar-refractivity contribution in [2.45, 2.75) is 6.16 Å². The van der Waals surface area contributed by atoms with Crippen LogP contribution in [0.2, 0.25) is 0 Å². The molecule has 0 fully saturated rings. The molecule has 1 aromatic heterocycles. The maximum Gasteiger partial charge on any atom is 0.328 e. The SMILES string of the molecule is O=C(O)/C=C/c1cnc2c(c1)CPCC(=O)N2. The number of carbonyl (C=O) groups excluding carboxylic acids is 1. The van der Waals surface area contributed by atoms with Gasteiger partial charge < -0.3 is 10.4 Å². The minimum absolute atomic E-state index is 0.0107. The molecule has 0 aliphatic carbocycles. The van der Waals surface area contributed by atoms with Crippen LogP contribution in [0.4, 0.5) is 5.82 Å². The van der Waals surface area contributed by atoms with Gasteiger partial charge in [-0.05, 0) is 29.4 Å². The molecule has 88 valence electrons. The number of rotatable bonds is 2. The van der Waals surface area contributed by atoms with Crippen LogP contribution in [-0.4, -0.2) is 28.1 Å². The molecule has 0 spiro atoms. The van der Waals surface area contributed by atoms with E-state index in [0.717, 1.165) is 23.4 Å². The number of pyridine rings is 1. The number of carboxylic acid groups (broad SMARTS) is 1. The van der Waals surface area contributed by atoms with E-state index in [4.69, 9.17) is 5.11 Å². The van der Waals surface area contributed by atoms with Crippen molar-refractivity contribution in [3.8, 4) is 0 Å². The number of hydrogen-bond acceptors (Lipinski definition) is 3. The van der Waals surface area contributed by atoms with Crippen molar-refractivity contribution in [3.63, 3.8) is 0 Å². The Morgan fingerprint density at radius 2 is 2.35 bits per heavy atom. The molecule has 1 aliphatic rings. The zero-order valence-corrected chi connectivity index (χ0v) is 9.93. The lowest BCUT2D eigenvalue weighted by molar-refractivity contribution is -0.131. The largest absolute Gasteiger partial charge is 0.478 e. The summed E-state index contributed by atoms with van der Waals surface area (Å²) >= 11 is 0. The molecule has 0 radical (unpaired) electrons. The molecule has 5 nitrogen and oxygen atoms in total. The van der Waals surface area contributed by atoms with E-state index in [-0.39, 0.29) is 5.91 Å². The molecule has 1 aliphatic heterocycles. The number of aromatic nitrogens is 1. The highest BCUT2D eigenvalue weighted by Gasteiger charge is 2.13. The first kappa shape index (κ1) is 11.7. The zero-order valence-electron chi connectivity index (χ0n) is 8.93. The number of hydrogen-bond donors (Lipinski definition) is 2. The normalized spacial score (nSPS) is 16.6. The third-order valence-electron chi connectivity index (χ3n) is 2.26. The van der Waals surface area contributed by atoms with Crippen LogP contribution in [0, 0.1) is 0 Å². The molecular weight excluding hydrogens is 239 g/mol. The summed E-state index contributed by atoms with van der Waals surface area (Å²) in [6, 6.07) is 1.86. The van der Waals surface area contributed by atoms with E-state index in [9.17, 15) is 9.59 Å². The summed E-state index contributed by atoms with van der Waals surface area (Å²) < 4.78 is 0. The quantitative estimate of drug-likeness (QED) is 0.612. The number of amides is 1. The van der Waals surface area contributed by atoms with E-state index in [2.05, 4.69) is 10.3 Å². The van der Waals surface area contributed by atoms with Crippen LogP contribution < -0.4 is 5.32 Å². The minimum Gasteiger partial charge on any atom is -0.478 e. The Morgan fingerprint density at radius 3 is 3.12 bits per heavy atom. The summed E-state index contributed by atoms with van der Waals surface area (Å²) in [6.45, 7) is 0. The Bertz CT molecular complexity index is 499. The second-order valence-electron chi connectivity index (χ2n) is 3.60. The van der Waals surface area contributed by atoms with E-state index < -0.39 is 5.97 Å². The Hall–Kier alpha value is -1.74. The van der Waals surface area contributed by atoms with Gasteiger partial charge in [0.05, 0.1) is 0 Å². The van der Waals surface area contributed by atoms with Crippen LogP contribution in [0.3, 0.4) is 0 Å². The molecule has 1 amide bonds. The summed E-state index contributed by atoms with van der Waals surface area (Å²) in [5.74, 6) is -0.411. The number of anilines is 1. The fourth-order valence-corrected chi connectivity index (χ4v) is 2.50. The first-order valence-electron chi connectivity index (χ1n) is 5.05. The fraction of sp³-hybridized carbons (Fsp3) is 0.182. The van der Waals surface area contributed by atoms with Crippen molar-refractivity contribution in [1.82, 2.24) is 4.98 Å². The van der Waals surface area contributed by atoms with Gasteiger partial charge >= 0.3 is 5.97 Å². The molecule has 1 aromatic rings. The van der Waals surface area contributed by atoms with E-state index in [0.29, 0.717) is 20.6 Å².